The van der Waals surface area contributed by atoms with E-state index in [0.717, 1.165) is 0 Å². The van der Waals surface area contributed by atoms with Crippen LogP contribution in [0.4, 0.5) is 5.69 Å². The molecular weight excluding hydrogens is 682 g/mol. The third kappa shape index (κ3) is 3.21. The van der Waals surface area contributed by atoms with E-state index in [1.54, 1.807) is 0 Å². The number of anilines is 1. The molecule has 42 heavy (non-hydrogen) atoms. The van der Waals surface area contributed by atoms with Crippen LogP contribution in [0.5, 0.6) is 5.75 Å². The Kier molecular flexibility index (Phi) is 6.03. The zero-order valence-electron chi connectivity index (χ0n) is 22.0. The molecule has 0 unspecified atom stereocenters. The van der Waals surface area contributed by atoms with Crippen molar-refractivity contribution < 1.29 is 20.2 Å². The standard InChI is InChI=1S/C28H19Br2N3O9/c1-33(2)19-18(30)23(37)12-13(24(19)38)21(35)15-14(20(12)34)25(39)28(26(15)40)5-4-9-16(28)22(36)11-10(17(9)29)6-8(7-31-42-3)32-27(11)41/h6-7,36,39-40H,4-5H2,1-3H3,(H,32,41)/t28-/m1/s1. The summed E-state index contributed by atoms with van der Waals surface area (Å²) in [6.45, 7) is 0. The van der Waals surface area contributed by atoms with Gasteiger partial charge in [-0.1, -0.05) is 5.16 Å². The number of aromatic hydroxyl groups is 1. The Bertz CT molecular complexity index is 2450. The van der Waals surface area contributed by atoms with Gasteiger partial charge in [-0.05, 0) is 56.3 Å². The van der Waals surface area contributed by atoms with Gasteiger partial charge in [-0.25, -0.2) is 0 Å². The number of phenolic OH excluding ortho intramolecular Hbond substituents is 1. The highest BCUT2D eigenvalue weighted by molar-refractivity contribution is 9.11. The number of aromatic amines is 1. The van der Waals surface area contributed by atoms with E-state index in [1.165, 1.54) is 38.4 Å². The lowest BCUT2D eigenvalue weighted by Crippen LogP contribution is -2.52. The van der Waals surface area contributed by atoms with Gasteiger partial charge in [-0.3, -0.25) is 24.0 Å². The van der Waals surface area contributed by atoms with Crippen LogP contribution < -0.4 is 42.6 Å². The van der Waals surface area contributed by atoms with Crippen molar-refractivity contribution in [2.45, 2.75) is 18.3 Å². The van der Waals surface area contributed by atoms with Crippen LogP contribution >= 0.6 is 31.9 Å². The number of rotatable bonds is 3. The number of benzene rings is 1. The fourth-order valence-corrected chi connectivity index (χ4v) is 7.72. The minimum absolute atomic E-state index is 0.0837. The monoisotopic (exact) mass is 699 g/mol. The molecule has 4 aliphatic carbocycles. The van der Waals surface area contributed by atoms with Crippen molar-refractivity contribution in [3.63, 3.8) is 0 Å². The first kappa shape index (κ1) is 27.8. The zero-order chi connectivity index (χ0) is 30.6. The van der Waals surface area contributed by atoms with Crippen molar-refractivity contribution in [2.24, 2.45) is 5.16 Å². The van der Waals surface area contributed by atoms with Crippen LogP contribution in [0.1, 0.15) is 23.2 Å². The largest absolute Gasteiger partial charge is 0.510 e. The fourth-order valence-electron chi connectivity index (χ4n) is 6.28. The van der Waals surface area contributed by atoms with Crippen LogP contribution in [0.2, 0.25) is 0 Å². The Morgan fingerprint density at radius 2 is 1.52 bits per heavy atom. The molecule has 1 aromatic heterocycles. The van der Waals surface area contributed by atoms with Gasteiger partial charge in [0.15, 0.2) is 0 Å². The molecule has 0 fully saturated rings. The maximum absolute atomic E-state index is 13.8. The molecule has 0 bridgehead atoms. The summed E-state index contributed by atoms with van der Waals surface area (Å²) in [6.07, 6.45) is 1.29. The number of halogens is 2. The fraction of sp³-hybridized carbons (Fsp3) is 0.214. The number of hydrogen-bond donors (Lipinski definition) is 4. The van der Waals surface area contributed by atoms with Crippen molar-refractivity contribution in [1.82, 2.24) is 4.98 Å². The summed E-state index contributed by atoms with van der Waals surface area (Å²) in [7, 11) is 4.29. The number of nitrogens with one attached hydrogen (secondary N) is 1. The van der Waals surface area contributed by atoms with Crippen molar-refractivity contribution >= 4 is 66.1 Å². The summed E-state index contributed by atoms with van der Waals surface area (Å²) in [5, 5.41) is 35.9. The average molecular weight is 701 g/mol. The Morgan fingerprint density at radius 3 is 2.10 bits per heavy atom. The van der Waals surface area contributed by atoms with Gasteiger partial charge in [0.1, 0.15) is 35.5 Å². The van der Waals surface area contributed by atoms with Crippen LogP contribution in [0.15, 0.2) is 44.1 Å². The summed E-state index contributed by atoms with van der Waals surface area (Å²) in [6, 6.07) is 1.54. The van der Waals surface area contributed by atoms with E-state index < -0.39 is 70.8 Å². The predicted molar refractivity (Wildman–Crippen MR) is 161 cm³/mol. The Balaban J connectivity index is 1.81. The molecule has 0 amide bonds. The summed E-state index contributed by atoms with van der Waals surface area (Å²) in [5.41, 5.74) is -6.33. The number of phenols is 1. The molecule has 1 heterocycles. The molecule has 214 valence electrons. The number of pyridine rings is 1. The van der Waals surface area contributed by atoms with Gasteiger partial charge in [0, 0.05) is 29.5 Å². The Morgan fingerprint density at radius 1 is 0.929 bits per heavy atom. The lowest BCUT2D eigenvalue weighted by Gasteiger charge is -2.27. The molecular formula is C28H19Br2N3O9. The van der Waals surface area contributed by atoms with Crippen molar-refractivity contribution in [3.05, 3.63) is 104 Å². The van der Waals surface area contributed by atoms with Gasteiger partial charge < -0.3 is 30.0 Å². The van der Waals surface area contributed by atoms with Crippen molar-refractivity contribution in [1.29, 1.82) is 0 Å². The number of nitrogens with zero attached hydrogens (tertiary/aromatic N) is 2. The van der Waals surface area contributed by atoms with E-state index >= 15 is 0 Å². The van der Waals surface area contributed by atoms with Crippen LogP contribution in [-0.4, -0.2) is 47.7 Å². The lowest BCUT2D eigenvalue weighted by atomic mass is 9.78. The smallest absolute Gasteiger partial charge is 0.260 e. The first-order valence-electron chi connectivity index (χ1n) is 12.4. The highest BCUT2D eigenvalue weighted by atomic mass is 79.9. The quantitative estimate of drug-likeness (QED) is 0.168. The van der Waals surface area contributed by atoms with E-state index in [1.807, 2.05) is 0 Å². The molecule has 0 saturated carbocycles. The highest BCUT2D eigenvalue weighted by Gasteiger charge is 2.53. The van der Waals surface area contributed by atoms with E-state index in [2.05, 4.69) is 46.8 Å². The predicted octanol–water partition coefficient (Wildman–Crippen LogP) is 0.0764. The number of oxime groups is 1. The van der Waals surface area contributed by atoms with Gasteiger partial charge >= 0.3 is 0 Å². The third-order valence-corrected chi connectivity index (χ3v) is 9.66. The molecule has 0 saturated heterocycles. The first-order chi connectivity index (χ1) is 19.8. The van der Waals surface area contributed by atoms with Gasteiger partial charge in [-0.2, -0.15) is 0 Å². The van der Waals surface area contributed by atoms with Gasteiger partial charge in [0.25, 0.3) is 5.56 Å². The van der Waals surface area contributed by atoms with E-state index in [9.17, 15) is 39.3 Å². The molecule has 14 heteroatoms. The average Bonchev–Trinajstić information content (AvgIpc) is 3.44. The minimum atomic E-state index is -2.00. The van der Waals surface area contributed by atoms with Crippen LogP contribution in [-0.2, 0) is 16.7 Å². The first-order valence-corrected chi connectivity index (χ1v) is 13.9. The van der Waals surface area contributed by atoms with Crippen molar-refractivity contribution in [2.75, 3.05) is 26.1 Å². The number of hydrogen-bond acceptors (Lipinski definition) is 11. The number of aromatic nitrogens is 1. The lowest BCUT2D eigenvalue weighted by molar-refractivity contribution is 0.215. The second-order valence-electron chi connectivity index (χ2n) is 10.3. The summed E-state index contributed by atoms with van der Waals surface area (Å²) in [5.74, 6) is -2.11. The van der Waals surface area contributed by atoms with Crippen molar-refractivity contribution in [3.8, 4) is 5.75 Å². The number of fused-ring (bicyclic) bond motifs is 4. The molecule has 4 N–H and O–H groups in total. The Labute approximate surface area is 249 Å². The zero-order valence-corrected chi connectivity index (χ0v) is 25.2. The molecule has 1 atom stereocenters. The molecule has 12 nitrogen and oxygen atoms in total. The summed E-state index contributed by atoms with van der Waals surface area (Å²) >= 11 is 6.55. The van der Waals surface area contributed by atoms with Crippen LogP contribution in [0, 0.1) is 10.4 Å². The van der Waals surface area contributed by atoms with Gasteiger partial charge in [-0.15, -0.1) is 0 Å². The van der Waals surface area contributed by atoms with Gasteiger partial charge in [0.05, 0.1) is 42.6 Å². The number of H-pyrrole nitrogens is 1. The van der Waals surface area contributed by atoms with Gasteiger partial charge in [0.2, 0.25) is 21.7 Å². The van der Waals surface area contributed by atoms with E-state index in [4.69, 9.17) is 0 Å². The topological polar surface area (TPSA) is 187 Å². The molecule has 1 aromatic carbocycles. The van der Waals surface area contributed by atoms with E-state index in [-0.39, 0.29) is 39.6 Å². The second kappa shape index (κ2) is 9.10. The Hall–Kier alpha value is -4.30. The molecule has 4 aliphatic rings. The maximum atomic E-state index is 13.8. The summed E-state index contributed by atoms with van der Waals surface area (Å²) < 4.78 is 0.144. The molecule has 6 rings (SSSR count). The minimum Gasteiger partial charge on any atom is -0.510 e. The normalized spacial score (nSPS) is 17.6. The molecule has 0 aliphatic heterocycles. The number of aliphatic hydroxyl groups is 2. The molecule has 1 spiro atoms. The second-order valence-corrected chi connectivity index (χ2v) is 11.8. The third-order valence-electron chi connectivity index (χ3n) is 8.02. The number of aliphatic hydroxyl groups excluding tert-OH is 2. The van der Waals surface area contributed by atoms with E-state index in [0.29, 0.717) is 15.4 Å². The maximum Gasteiger partial charge on any atom is 0.260 e. The molecule has 0 radical (unpaired) electrons. The summed E-state index contributed by atoms with van der Waals surface area (Å²) in [4.78, 5) is 75.9. The SMILES string of the molecule is CON=Cc1cc2c(Br)c3c(c(O)c2c(=O)[nH]1)[C@]1(CC3)C(O)=c2c(=O)c3c(=O)c(Br)c(N(C)C)c(=O)c=3c(=O)c2=C1O. The highest BCUT2D eigenvalue weighted by Crippen LogP contribution is 2.56. The van der Waals surface area contributed by atoms with Crippen LogP contribution in [0.3, 0.4) is 0 Å². The molecule has 2 aromatic rings. The van der Waals surface area contributed by atoms with Crippen LogP contribution in [0.25, 0.3) is 22.3 Å².